The maximum atomic E-state index is 12.5. The zero-order valence-corrected chi connectivity index (χ0v) is 15.0. The van der Waals surface area contributed by atoms with E-state index in [2.05, 4.69) is 65.0 Å². The summed E-state index contributed by atoms with van der Waals surface area (Å²) in [5.41, 5.74) is 5.53. The highest BCUT2D eigenvalue weighted by molar-refractivity contribution is 5.83. The molecule has 3 heterocycles. The van der Waals surface area contributed by atoms with Crippen LogP contribution in [0, 0.1) is 6.92 Å². The Bertz CT molecular complexity index is 983. The van der Waals surface area contributed by atoms with Gasteiger partial charge in [0.1, 0.15) is 5.82 Å². The van der Waals surface area contributed by atoms with Gasteiger partial charge in [-0.2, -0.15) is 0 Å². The second kappa shape index (κ2) is 6.15. The highest BCUT2D eigenvalue weighted by Crippen LogP contribution is 2.23. The molecule has 0 fully saturated rings. The van der Waals surface area contributed by atoms with E-state index in [4.69, 9.17) is 0 Å². The number of benzene rings is 1. The van der Waals surface area contributed by atoms with Crippen LogP contribution in [-0.2, 0) is 19.5 Å². The molecule has 0 saturated carbocycles. The maximum absolute atomic E-state index is 12.5. The molecule has 2 N–H and O–H groups in total. The summed E-state index contributed by atoms with van der Waals surface area (Å²) in [7, 11) is 0. The molecule has 0 unspecified atom stereocenters. The van der Waals surface area contributed by atoms with Crippen molar-refractivity contribution in [2.75, 3.05) is 6.54 Å². The minimum atomic E-state index is 0.0213. The van der Waals surface area contributed by atoms with Crippen LogP contribution in [0.3, 0.4) is 0 Å². The zero-order chi connectivity index (χ0) is 17.6. The fraction of sp³-hybridized carbons (Fsp3) is 0.400. The van der Waals surface area contributed by atoms with Crippen LogP contribution in [0.1, 0.15) is 48.0 Å². The zero-order valence-electron chi connectivity index (χ0n) is 15.0. The fourth-order valence-electron chi connectivity index (χ4n) is 3.58. The van der Waals surface area contributed by atoms with Gasteiger partial charge in [0.15, 0.2) is 0 Å². The van der Waals surface area contributed by atoms with Crippen molar-refractivity contribution in [1.29, 1.82) is 0 Å². The van der Waals surface area contributed by atoms with E-state index in [1.807, 2.05) is 0 Å². The number of aryl methyl sites for hydroxylation is 1. The molecule has 1 aliphatic rings. The number of aromatic nitrogens is 3. The second-order valence-corrected chi connectivity index (χ2v) is 7.35. The molecule has 4 rings (SSSR count). The van der Waals surface area contributed by atoms with Crippen molar-refractivity contribution < 1.29 is 0 Å². The Morgan fingerprint density at radius 1 is 1.32 bits per heavy atom. The third kappa shape index (κ3) is 3.00. The Hall–Kier alpha value is -2.40. The first-order valence-corrected chi connectivity index (χ1v) is 8.92. The van der Waals surface area contributed by atoms with Gasteiger partial charge in [-0.25, -0.2) is 4.98 Å². The number of nitrogens with zero attached hydrogens (tertiary/aromatic N) is 2. The van der Waals surface area contributed by atoms with Crippen LogP contribution in [-0.4, -0.2) is 26.4 Å². The average Bonchev–Trinajstić information content (AvgIpc) is 2.97. The van der Waals surface area contributed by atoms with Crippen molar-refractivity contribution in [3.8, 4) is 0 Å². The first-order chi connectivity index (χ1) is 12.0. The summed E-state index contributed by atoms with van der Waals surface area (Å²) in [6.07, 6.45) is 2.92. The summed E-state index contributed by atoms with van der Waals surface area (Å²) < 4.78 is 0. The van der Waals surface area contributed by atoms with Crippen molar-refractivity contribution in [2.45, 2.75) is 46.2 Å². The summed E-state index contributed by atoms with van der Waals surface area (Å²) in [5.74, 6) is 1.04. The first kappa shape index (κ1) is 16.1. The van der Waals surface area contributed by atoms with Crippen LogP contribution < -0.4 is 5.56 Å². The van der Waals surface area contributed by atoms with Crippen LogP contribution in [0.4, 0.5) is 0 Å². The van der Waals surface area contributed by atoms with Crippen molar-refractivity contribution in [3.63, 3.8) is 0 Å². The van der Waals surface area contributed by atoms with Crippen LogP contribution in [0.5, 0.6) is 0 Å². The summed E-state index contributed by atoms with van der Waals surface area (Å²) in [4.78, 5) is 25.8. The van der Waals surface area contributed by atoms with Gasteiger partial charge in [-0.3, -0.25) is 9.69 Å². The first-order valence-electron chi connectivity index (χ1n) is 8.92. The second-order valence-electron chi connectivity index (χ2n) is 7.35. The standard InChI is InChI=1S/C20H24N4O/c1-12(2)19-22-17-6-7-24(11-16(17)20(25)23-19)10-14-9-21-18-8-13(3)4-5-15(14)18/h4-5,8-9,12,21H,6-7,10-11H2,1-3H3,(H,22,23,25). The lowest BCUT2D eigenvalue weighted by atomic mass is 10.0. The van der Waals surface area contributed by atoms with Crippen molar-refractivity contribution in [3.05, 3.63) is 63.0 Å². The van der Waals surface area contributed by atoms with Gasteiger partial charge in [0.25, 0.3) is 5.56 Å². The molecule has 3 aromatic rings. The lowest BCUT2D eigenvalue weighted by Crippen LogP contribution is -2.35. The fourth-order valence-corrected chi connectivity index (χ4v) is 3.58. The normalized spacial score (nSPS) is 15.0. The molecule has 0 atom stereocenters. The third-order valence-corrected chi connectivity index (χ3v) is 5.03. The van der Waals surface area contributed by atoms with Gasteiger partial charge in [-0.15, -0.1) is 0 Å². The Morgan fingerprint density at radius 2 is 2.16 bits per heavy atom. The van der Waals surface area contributed by atoms with Crippen LogP contribution in [0.15, 0.2) is 29.2 Å². The number of H-pyrrole nitrogens is 2. The Morgan fingerprint density at radius 3 is 2.96 bits per heavy atom. The summed E-state index contributed by atoms with van der Waals surface area (Å²) >= 11 is 0. The lowest BCUT2D eigenvalue weighted by molar-refractivity contribution is 0.242. The van der Waals surface area contributed by atoms with Gasteiger partial charge in [0.2, 0.25) is 0 Å². The SMILES string of the molecule is Cc1ccc2c(CN3CCc4nc(C(C)C)[nH]c(=O)c4C3)c[nH]c2c1. The molecule has 0 amide bonds. The number of fused-ring (bicyclic) bond motifs is 2. The monoisotopic (exact) mass is 336 g/mol. The highest BCUT2D eigenvalue weighted by Gasteiger charge is 2.22. The molecule has 1 aliphatic heterocycles. The smallest absolute Gasteiger partial charge is 0.255 e. The largest absolute Gasteiger partial charge is 0.361 e. The van der Waals surface area contributed by atoms with E-state index in [1.165, 1.54) is 22.0 Å². The molecule has 5 nitrogen and oxygen atoms in total. The molecular formula is C20H24N4O. The maximum Gasteiger partial charge on any atom is 0.255 e. The molecule has 0 spiro atoms. The van der Waals surface area contributed by atoms with Crippen LogP contribution >= 0.6 is 0 Å². The van der Waals surface area contributed by atoms with E-state index in [-0.39, 0.29) is 11.5 Å². The molecule has 0 saturated heterocycles. The molecule has 5 heteroatoms. The quantitative estimate of drug-likeness (QED) is 0.772. The lowest BCUT2D eigenvalue weighted by Gasteiger charge is -2.27. The summed E-state index contributed by atoms with van der Waals surface area (Å²) in [6.45, 7) is 8.64. The van der Waals surface area contributed by atoms with Gasteiger partial charge in [0, 0.05) is 49.1 Å². The van der Waals surface area contributed by atoms with E-state index in [9.17, 15) is 4.79 Å². The Balaban J connectivity index is 1.59. The van der Waals surface area contributed by atoms with Crippen molar-refractivity contribution in [2.24, 2.45) is 0 Å². The molecule has 1 aromatic carbocycles. The number of hydrogen-bond acceptors (Lipinski definition) is 3. The van der Waals surface area contributed by atoms with Crippen molar-refractivity contribution >= 4 is 10.9 Å². The molecule has 0 bridgehead atoms. The van der Waals surface area contributed by atoms with E-state index < -0.39 is 0 Å². The minimum absolute atomic E-state index is 0.0213. The molecule has 0 radical (unpaired) electrons. The Kier molecular flexibility index (Phi) is 3.96. The van der Waals surface area contributed by atoms with E-state index >= 15 is 0 Å². The predicted molar refractivity (Wildman–Crippen MR) is 99.8 cm³/mol. The average molecular weight is 336 g/mol. The number of hydrogen-bond donors (Lipinski definition) is 2. The van der Waals surface area contributed by atoms with E-state index in [1.54, 1.807) is 0 Å². The highest BCUT2D eigenvalue weighted by atomic mass is 16.1. The number of rotatable bonds is 3. The van der Waals surface area contributed by atoms with E-state index in [0.29, 0.717) is 6.54 Å². The van der Waals surface area contributed by atoms with E-state index in [0.717, 1.165) is 36.6 Å². The topological polar surface area (TPSA) is 64.8 Å². The van der Waals surface area contributed by atoms with Gasteiger partial charge in [0.05, 0.1) is 11.3 Å². The summed E-state index contributed by atoms with van der Waals surface area (Å²) in [5, 5.41) is 1.26. The molecular weight excluding hydrogens is 312 g/mol. The predicted octanol–water partition coefficient (Wildman–Crippen LogP) is 3.24. The molecule has 25 heavy (non-hydrogen) atoms. The van der Waals surface area contributed by atoms with Gasteiger partial charge < -0.3 is 9.97 Å². The Labute approximate surface area is 147 Å². The van der Waals surface area contributed by atoms with Gasteiger partial charge >= 0.3 is 0 Å². The molecule has 2 aromatic heterocycles. The number of nitrogens with one attached hydrogen (secondary N) is 2. The third-order valence-electron chi connectivity index (χ3n) is 5.03. The van der Waals surface area contributed by atoms with Crippen LogP contribution in [0.25, 0.3) is 10.9 Å². The summed E-state index contributed by atoms with van der Waals surface area (Å²) in [6, 6.07) is 6.50. The van der Waals surface area contributed by atoms with Gasteiger partial charge in [-0.1, -0.05) is 26.0 Å². The molecule has 0 aliphatic carbocycles. The van der Waals surface area contributed by atoms with Crippen LogP contribution in [0.2, 0.25) is 0 Å². The van der Waals surface area contributed by atoms with Crippen molar-refractivity contribution in [1.82, 2.24) is 19.9 Å². The number of aromatic amines is 2. The molecule has 130 valence electrons. The van der Waals surface area contributed by atoms with Gasteiger partial charge in [-0.05, 0) is 24.1 Å². The minimum Gasteiger partial charge on any atom is -0.361 e.